The fraction of sp³-hybridized carbons (Fsp3) is 0.917. The number of hydrogen-bond acceptors (Lipinski definition) is 4. The van der Waals surface area contributed by atoms with Gasteiger partial charge in [0.1, 0.15) is 5.60 Å². The van der Waals surface area contributed by atoms with Gasteiger partial charge in [0, 0.05) is 45.3 Å². The van der Waals surface area contributed by atoms with Gasteiger partial charge in [-0.2, -0.15) is 0 Å². The predicted molar refractivity (Wildman–Crippen MR) is 66.0 cm³/mol. The van der Waals surface area contributed by atoms with Crippen molar-refractivity contribution in [3.63, 3.8) is 0 Å². The molecule has 17 heavy (non-hydrogen) atoms. The summed E-state index contributed by atoms with van der Waals surface area (Å²) < 4.78 is 5.40. The summed E-state index contributed by atoms with van der Waals surface area (Å²) in [7, 11) is 0. The summed E-state index contributed by atoms with van der Waals surface area (Å²) in [5, 5.41) is 3.37. The highest BCUT2D eigenvalue weighted by atomic mass is 16.6. The number of nitrogens with zero attached hydrogens (tertiary/aromatic N) is 2. The van der Waals surface area contributed by atoms with Crippen molar-refractivity contribution >= 4 is 6.09 Å². The van der Waals surface area contributed by atoms with Gasteiger partial charge in [0.05, 0.1) is 0 Å². The number of nitrogens with one attached hydrogen (secondary N) is 1. The number of fused-ring (bicyclic) bond motifs is 1. The molecule has 0 spiro atoms. The topological polar surface area (TPSA) is 44.8 Å². The first-order valence-corrected chi connectivity index (χ1v) is 6.38. The number of ether oxygens (including phenoxy) is 1. The first kappa shape index (κ1) is 12.6. The highest BCUT2D eigenvalue weighted by Gasteiger charge is 2.32. The second-order valence-electron chi connectivity index (χ2n) is 5.82. The minimum Gasteiger partial charge on any atom is -0.444 e. The Bertz CT molecular complexity index is 288. The second kappa shape index (κ2) is 4.82. The quantitative estimate of drug-likeness (QED) is 0.671. The predicted octanol–water partition coefficient (Wildman–Crippen LogP) is 0.511. The highest BCUT2D eigenvalue weighted by Crippen LogP contribution is 2.15. The van der Waals surface area contributed by atoms with E-state index in [4.69, 9.17) is 4.74 Å². The average Bonchev–Trinajstić information content (AvgIpc) is 2.26. The number of piperazine rings is 2. The summed E-state index contributed by atoms with van der Waals surface area (Å²) in [4.78, 5) is 16.2. The average molecular weight is 241 g/mol. The van der Waals surface area contributed by atoms with Gasteiger partial charge >= 0.3 is 6.09 Å². The Morgan fingerprint density at radius 2 is 2.06 bits per heavy atom. The maximum absolute atomic E-state index is 12.0. The Balaban J connectivity index is 1.89. The van der Waals surface area contributed by atoms with Crippen molar-refractivity contribution in [2.24, 2.45) is 0 Å². The minimum atomic E-state index is -0.404. The van der Waals surface area contributed by atoms with Gasteiger partial charge in [-0.15, -0.1) is 0 Å². The molecule has 2 aliphatic heterocycles. The van der Waals surface area contributed by atoms with Crippen LogP contribution in [0.2, 0.25) is 0 Å². The molecule has 2 fully saturated rings. The van der Waals surface area contributed by atoms with Gasteiger partial charge in [-0.25, -0.2) is 4.79 Å². The normalized spacial score (nSPS) is 26.5. The lowest BCUT2D eigenvalue weighted by molar-refractivity contribution is 0.000295. The van der Waals surface area contributed by atoms with Gasteiger partial charge in [-0.1, -0.05) is 0 Å². The first-order valence-electron chi connectivity index (χ1n) is 6.38. The maximum Gasteiger partial charge on any atom is 0.410 e. The first-order chi connectivity index (χ1) is 7.96. The van der Waals surface area contributed by atoms with Crippen molar-refractivity contribution < 1.29 is 9.53 Å². The molecule has 1 unspecified atom stereocenters. The summed E-state index contributed by atoms with van der Waals surface area (Å²) in [6.07, 6.45) is -0.178. The van der Waals surface area contributed by atoms with Crippen LogP contribution >= 0.6 is 0 Å². The Hall–Kier alpha value is -0.810. The van der Waals surface area contributed by atoms with E-state index in [1.165, 1.54) is 0 Å². The molecule has 0 aromatic rings. The standard InChI is InChI=1S/C12H23N3O2/c1-12(2,3)17-11(16)15-7-6-14-5-4-13-8-10(14)9-15/h10,13H,4-9H2,1-3H3. The molecule has 2 heterocycles. The van der Waals surface area contributed by atoms with E-state index in [1.807, 2.05) is 25.7 Å². The van der Waals surface area contributed by atoms with E-state index in [2.05, 4.69) is 10.2 Å². The maximum atomic E-state index is 12.0. The van der Waals surface area contributed by atoms with E-state index in [9.17, 15) is 4.79 Å². The number of amides is 1. The van der Waals surface area contributed by atoms with Crippen LogP contribution < -0.4 is 5.32 Å². The molecule has 2 rings (SSSR count). The summed E-state index contributed by atoms with van der Waals surface area (Å²) in [5.74, 6) is 0. The third kappa shape index (κ3) is 3.33. The molecule has 0 saturated carbocycles. The lowest BCUT2D eigenvalue weighted by Gasteiger charge is -2.44. The molecule has 0 aliphatic carbocycles. The summed E-state index contributed by atoms with van der Waals surface area (Å²) in [6, 6.07) is 0.449. The van der Waals surface area contributed by atoms with E-state index >= 15 is 0 Å². The molecule has 0 aromatic carbocycles. The smallest absolute Gasteiger partial charge is 0.410 e. The molecular weight excluding hydrogens is 218 g/mol. The number of carbonyl (C=O) groups is 1. The van der Waals surface area contributed by atoms with Crippen molar-refractivity contribution in [1.29, 1.82) is 0 Å². The largest absolute Gasteiger partial charge is 0.444 e. The summed E-state index contributed by atoms with van der Waals surface area (Å²) in [6.45, 7) is 11.4. The van der Waals surface area contributed by atoms with Crippen molar-refractivity contribution in [3.8, 4) is 0 Å². The zero-order chi connectivity index (χ0) is 12.5. The van der Waals surface area contributed by atoms with Crippen molar-refractivity contribution in [3.05, 3.63) is 0 Å². The number of carbonyl (C=O) groups excluding carboxylic acids is 1. The van der Waals surface area contributed by atoms with Gasteiger partial charge in [0.15, 0.2) is 0 Å². The molecule has 2 aliphatic rings. The van der Waals surface area contributed by atoms with Crippen molar-refractivity contribution in [2.75, 3.05) is 39.3 Å². The SMILES string of the molecule is CC(C)(C)OC(=O)N1CCN2CCNCC2C1. The third-order valence-corrected chi connectivity index (χ3v) is 3.21. The van der Waals surface area contributed by atoms with Crippen LogP contribution in [0.5, 0.6) is 0 Å². The van der Waals surface area contributed by atoms with Crippen LogP contribution in [0.3, 0.4) is 0 Å². The van der Waals surface area contributed by atoms with Crippen LogP contribution in [0, 0.1) is 0 Å². The van der Waals surface area contributed by atoms with E-state index in [0.29, 0.717) is 6.04 Å². The highest BCUT2D eigenvalue weighted by molar-refractivity contribution is 5.68. The van der Waals surface area contributed by atoms with E-state index in [0.717, 1.165) is 39.3 Å². The lowest BCUT2D eigenvalue weighted by Crippen LogP contribution is -2.62. The lowest BCUT2D eigenvalue weighted by atomic mass is 10.1. The molecule has 0 bridgehead atoms. The van der Waals surface area contributed by atoms with E-state index in [1.54, 1.807) is 0 Å². The Morgan fingerprint density at radius 1 is 1.29 bits per heavy atom. The molecule has 1 N–H and O–H groups in total. The van der Waals surface area contributed by atoms with Gasteiger partial charge in [-0.05, 0) is 20.8 Å². The third-order valence-electron chi connectivity index (χ3n) is 3.21. The minimum absolute atomic E-state index is 0.178. The molecule has 0 radical (unpaired) electrons. The van der Waals surface area contributed by atoms with Gasteiger partial charge in [0.25, 0.3) is 0 Å². The Morgan fingerprint density at radius 3 is 2.76 bits per heavy atom. The van der Waals surface area contributed by atoms with Gasteiger partial charge < -0.3 is 15.0 Å². The van der Waals surface area contributed by atoms with Crippen LogP contribution in [0.15, 0.2) is 0 Å². The number of hydrogen-bond donors (Lipinski definition) is 1. The summed E-state index contributed by atoms with van der Waals surface area (Å²) in [5.41, 5.74) is -0.404. The Kier molecular flexibility index (Phi) is 3.58. The van der Waals surface area contributed by atoms with Crippen LogP contribution in [0.1, 0.15) is 20.8 Å². The van der Waals surface area contributed by atoms with Crippen LogP contribution in [0.4, 0.5) is 4.79 Å². The summed E-state index contributed by atoms with van der Waals surface area (Å²) >= 11 is 0. The fourth-order valence-corrected chi connectivity index (χ4v) is 2.36. The van der Waals surface area contributed by atoms with Gasteiger partial charge in [0.2, 0.25) is 0 Å². The molecular formula is C12H23N3O2. The monoisotopic (exact) mass is 241 g/mol. The van der Waals surface area contributed by atoms with Crippen LogP contribution in [-0.4, -0.2) is 66.8 Å². The second-order valence-corrected chi connectivity index (χ2v) is 5.82. The van der Waals surface area contributed by atoms with Crippen molar-refractivity contribution in [1.82, 2.24) is 15.1 Å². The molecule has 98 valence electrons. The molecule has 5 nitrogen and oxygen atoms in total. The van der Waals surface area contributed by atoms with Gasteiger partial charge in [-0.3, -0.25) is 4.90 Å². The Labute approximate surface area is 103 Å². The van der Waals surface area contributed by atoms with Crippen LogP contribution in [0.25, 0.3) is 0 Å². The van der Waals surface area contributed by atoms with Crippen molar-refractivity contribution in [2.45, 2.75) is 32.4 Å². The molecule has 1 atom stereocenters. The van der Waals surface area contributed by atoms with E-state index < -0.39 is 5.60 Å². The van der Waals surface area contributed by atoms with E-state index in [-0.39, 0.29) is 6.09 Å². The molecule has 2 saturated heterocycles. The zero-order valence-electron chi connectivity index (χ0n) is 11.0. The molecule has 5 heteroatoms. The number of rotatable bonds is 0. The molecule has 1 amide bonds. The van der Waals surface area contributed by atoms with Crippen LogP contribution in [-0.2, 0) is 4.74 Å². The zero-order valence-corrected chi connectivity index (χ0v) is 11.0. The molecule has 0 aromatic heterocycles. The fourth-order valence-electron chi connectivity index (χ4n) is 2.36.